The summed E-state index contributed by atoms with van der Waals surface area (Å²) in [6.07, 6.45) is 2.44. The van der Waals surface area contributed by atoms with Crippen molar-refractivity contribution in [3.05, 3.63) is 41.0 Å². The van der Waals surface area contributed by atoms with Gasteiger partial charge in [-0.25, -0.2) is 9.97 Å². The van der Waals surface area contributed by atoms with Gasteiger partial charge >= 0.3 is 0 Å². The molecule has 156 valence electrons. The molecule has 1 saturated heterocycles. The van der Waals surface area contributed by atoms with E-state index in [1.165, 1.54) is 11.4 Å². The molecule has 0 radical (unpaired) electrons. The molecular weight excluding hydrogens is 366 g/mol. The number of carbonyl (C=O) groups excluding carboxylic acids is 1. The highest BCUT2D eigenvalue weighted by Gasteiger charge is 2.35. The Hall–Kier alpha value is -2.41. The largest absolute Gasteiger partial charge is 0.378 e. The number of aryl methyl sites for hydroxylation is 2. The van der Waals surface area contributed by atoms with Crippen LogP contribution in [0.15, 0.2) is 18.3 Å². The van der Waals surface area contributed by atoms with Crippen LogP contribution in [0.3, 0.4) is 0 Å². The van der Waals surface area contributed by atoms with Gasteiger partial charge in [-0.15, -0.1) is 0 Å². The molecule has 2 aliphatic rings. The van der Waals surface area contributed by atoms with E-state index in [9.17, 15) is 4.79 Å². The van der Waals surface area contributed by atoms with Crippen LogP contribution < -0.4 is 4.90 Å². The van der Waals surface area contributed by atoms with Crippen molar-refractivity contribution >= 4 is 11.9 Å². The zero-order chi connectivity index (χ0) is 20.5. The minimum Gasteiger partial charge on any atom is -0.378 e. The maximum atomic E-state index is 13.6. The van der Waals surface area contributed by atoms with Crippen molar-refractivity contribution in [2.75, 3.05) is 37.7 Å². The van der Waals surface area contributed by atoms with Gasteiger partial charge in [-0.2, -0.15) is 0 Å². The molecule has 4 heterocycles. The number of rotatable bonds is 4. The second-order valence-electron chi connectivity index (χ2n) is 8.22. The lowest BCUT2D eigenvalue weighted by Crippen LogP contribution is -2.44. The normalized spacial score (nSPS) is 19.6. The van der Waals surface area contributed by atoms with Crippen molar-refractivity contribution in [3.63, 3.8) is 0 Å². The van der Waals surface area contributed by atoms with E-state index in [1.54, 1.807) is 6.20 Å². The van der Waals surface area contributed by atoms with E-state index in [0.29, 0.717) is 43.6 Å². The third-order valence-corrected chi connectivity index (χ3v) is 6.04. The smallest absolute Gasteiger partial charge is 0.257 e. The van der Waals surface area contributed by atoms with Crippen LogP contribution in [0.5, 0.6) is 0 Å². The van der Waals surface area contributed by atoms with Crippen molar-refractivity contribution in [1.29, 1.82) is 0 Å². The van der Waals surface area contributed by atoms with E-state index in [0.717, 1.165) is 25.3 Å². The Labute approximate surface area is 172 Å². The highest BCUT2D eigenvalue weighted by Crippen LogP contribution is 2.34. The number of amides is 1. The Balaban J connectivity index is 1.64. The van der Waals surface area contributed by atoms with Gasteiger partial charge in [0.1, 0.15) is 0 Å². The second-order valence-corrected chi connectivity index (χ2v) is 8.22. The van der Waals surface area contributed by atoms with Crippen molar-refractivity contribution < 1.29 is 9.53 Å². The van der Waals surface area contributed by atoms with E-state index in [2.05, 4.69) is 47.4 Å². The first-order valence-electron chi connectivity index (χ1n) is 10.7. The van der Waals surface area contributed by atoms with Crippen LogP contribution in [0, 0.1) is 12.8 Å². The van der Waals surface area contributed by atoms with Crippen LogP contribution in [0.4, 0.5) is 5.95 Å². The highest BCUT2D eigenvalue weighted by molar-refractivity contribution is 5.95. The number of carbonyl (C=O) groups is 1. The van der Waals surface area contributed by atoms with Crippen LogP contribution in [0.1, 0.15) is 54.3 Å². The number of hydrogen-bond acceptors (Lipinski definition) is 5. The van der Waals surface area contributed by atoms with Gasteiger partial charge in [0, 0.05) is 43.8 Å². The molecular formula is C22H31N5O2. The van der Waals surface area contributed by atoms with Crippen LogP contribution in [0.2, 0.25) is 0 Å². The molecule has 4 rings (SSSR count). The summed E-state index contributed by atoms with van der Waals surface area (Å²) in [6.45, 7) is 13.0. The third kappa shape index (κ3) is 3.64. The van der Waals surface area contributed by atoms with E-state index in [1.807, 2.05) is 11.8 Å². The second kappa shape index (κ2) is 8.14. The van der Waals surface area contributed by atoms with Gasteiger partial charge in [0.15, 0.2) is 0 Å². The average molecular weight is 398 g/mol. The molecule has 1 amide bonds. The quantitative estimate of drug-likeness (QED) is 0.794. The lowest BCUT2D eigenvalue weighted by atomic mass is 9.96. The molecule has 7 nitrogen and oxygen atoms in total. The van der Waals surface area contributed by atoms with Crippen molar-refractivity contribution in [3.8, 4) is 0 Å². The molecule has 1 atom stereocenters. The molecule has 2 aliphatic heterocycles. The topological polar surface area (TPSA) is 63.5 Å². The van der Waals surface area contributed by atoms with Gasteiger partial charge in [0.05, 0.1) is 30.5 Å². The molecule has 0 spiro atoms. The maximum absolute atomic E-state index is 13.6. The lowest BCUT2D eigenvalue weighted by Gasteiger charge is -2.40. The van der Waals surface area contributed by atoms with Gasteiger partial charge in [0.2, 0.25) is 5.95 Å². The number of fused-ring (bicyclic) bond motifs is 1. The molecule has 7 heteroatoms. The maximum Gasteiger partial charge on any atom is 0.257 e. The number of anilines is 1. The van der Waals surface area contributed by atoms with Crippen LogP contribution in [-0.2, 0) is 17.7 Å². The van der Waals surface area contributed by atoms with E-state index in [4.69, 9.17) is 9.72 Å². The first-order chi connectivity index (χ1) is 14.0. The first kappa shape index (κ1) is 19.9. The minimum absolute atomic E-state index is 0.0409. The fourth-order valence-corrected chi connectivity index (χ4v) is 4.51. The predicted octanol–water partition coefficient (Wildman–Crippen LogP) is 2.84. The number of morpholine rings is 1. The molecule has 2 aromatic rings. The molecule has 1 fully saturated rings. The molecule has 2 aromatic heterocycles. The zero-order valence-corrected chi connectivity index (χ0v) is 17.9. The van der Waals surface area contributed by atoms with Crippen LogP contribution >= 0.6 is 0 Å². The van der Waals surface area contributed by atoms with Gasteiger partial charge < -0.3 is 19.1 Å². The fraction of sp³-hybridized carbons (Fsp3) is 0.591. The summed E-state index contributed by atoms with van der Waals surface area (Å²) in [7, 11) is 0. The van der Waals surface area contributed by atoms with Gasteiger partial charge in [-0.3, -0.25) is 4.79 Å². The van der Waals surface area contributed by atoms with Crippen molar-refractivity contribution in [2.45, 2.75) is 46.7 Å². The number of nitrogens with zero attached hydrogens (tertiary/aromatic N) is 5. The summed E-state index contributed by atoms with van der Waals surface area (Å²) in [5, 5.41) is 0. The molecule has 0 aliphatic carbocycles. The lowest BCUT2D eigenvalue weighted by molar-refractivity contribution is 0.0552. The monoisotopic (exact) mass is 397 g/mol. The minimum atomic E-state index is 0.0409. The van der Waals surface area contributed by atoms with E-state index >= 15 is 0 Å². The Bertz CT molecular complexity index is 885. The fourth-order valence-electron chi connectivity index (χ4n) is 4.51. The summed E-state index contributed by atoms with van der Waals surface area (Å²) in [5.74, 6) is 1.07. The van der Waals surface area contributed by atoms with Crippen molar-refractivity contribution in [2.24, 2.45) is 5.92 Å². The molecule has 29 heavy (non-hydrogen) atoms. The summed E-state index contributed by atoms with van der Waals surface area (Å²) in [4.78, 5) is 27.1. The molecule has 0 aromatic carbocycles. The Morgan fingerprint density at radius 1 is 1.21 bits per heavy atom. The van der Waals surface area contributed by atoms with E-state index < -0.39 is 0 Å². The molecule has 0 N–H and O–H groups in total. The Morgan fingerprint density at radius 3 is 2.66 bits per heavy atom. The third-order valence-electron chi connectivity index (χ3n) is 6.04. The number of ether oxygens (including phenoxy) is 1. The zero-order valence-electron chi connectivity index (χ0n) is 17.9. The predicted molar refractivity (Wildman–Crippen MR) is 112 cm³/mol. The highest BCUT2D eigenvalue weighted by atomic mass is 16.5. The summed E-state index contributed by atoms with van der Waals surface area (Å²) in [5.41, 5.74) is 3.93. The standard InChI is InChI=1S/C22H31N5O2/c1-5-18-17(14-23-22(24-18)25-10-12-29-13-11-25)21(28)27-9-8-26-16(4)6-7-19(26)20(27)15(2)3/h6-7,14-15,20H,5,8-13H2,1-4H3. The first-order valence-corrected chi connectivity index (χ1v) is 10.7. The number of aromatic nitrogens is 3. The summed E-state index contributed by atoms with van der Waals surface area (Å²) in [6, 6.07) is 4.38. The van der Waals surface area contributed by atoms with Gasteiger partial charge in [0.25, 0.3) is 5.91 Å². The van der Waals surface area contributed by atoms with Gasteiger partial charge in [-0.05, 0) is 31.4 Å². The SMILES string of the molecule is CCc1nc(N2CCOCC2)ncc1C(=O)N1CCn2c(C)ccc2C1C(C)C. The molecule has 0 bridgehead atoms. The van der Waals surface area contributed by atoms with Crippen LogP contribution in [0.25, 0.3) is 0 Å². The van der Waals surface area contributed by atoms with E-state index in [-0.39, 0.29) is 11.9 Å². The van der Waals surface area contributed by atoms with Crippen LogP contribution in [-0.4, -0.2) is 58.2 Å². The Kier molecular flexibility index (Phi) is 5.58. The van der Waals surface area contributed by atoms with Crippen molar-refractivity contribution in [1.82, 2.24) is 19.4 Å². The Morgan fingerprint density at radius 2 is 1.97 bits per heavy atom. The molecule has 1 unspecified atom stereocenters. The summed E-state index contributed by atoms with van der Waals surface area (Å²) >= 11 is 0. The van der Waals surface area contributed by atoms with Gasteiger partial charge in [-0.1, -0.05) is 20.8 Å². The summed E-state index contributed by atoms with van der Waals surface area (Å²) < 4.78 is 7.76. The average Bonchev–Trinajstić information content (AvgIpc) is 3.13. The number of hydrogen-bond donors (Lipinski definition) is 0. The molecule has 0 saturated carbocycles.